The molecule has 1 aliphatic carbocycles. The van der Waals surface area contributed by atoms with Gasteiger partial charge in [0.25, 0.3) is 0 Å². The predicted molar refractivity (Wildman–Crippen MR) is 133 cm³/mol. The summed E-state index contributed by atoms with van der Waals surface area (Å²) in [5, 5.41) is 0. The summed E-state index contributed by atoms with van der Waals surface area (Å²) in [7, 11) is 0. The first-order valence-corrected chi connectivity index (χ1v) is 12.8. The fourth-order valence-corrected chi connectivity index (χ4v) is 6.76. The van der Waals surface area contributed by atoms with Gasteiger partial charge in [-0.3, -0.25) is 19.2 Å². The second kappa shape index (κ2) is 10.6. The van der Waals surface area contributed by atoms with Gasteiger partial charge in [0, 0.05) is 45.4 Å². The lowest BCUT2D eigenvalue weighted by Crippen LogP contribution is -2.58. The quantitative estimate of drug-likeness (QED) is 0.303. The zero-order valence-corrected chi connectivity index (χ0v) is 23.1. The molecular weight excluding hydrogens is 480 g/mol. The Labute approximate surface area is 218 Å². The van der Waals surface area contributed by atoms with Crippen LogP contribution in [0.3, 0.4) is 0 Å². The molecule has 0 aromatic carbocycles. The number of hydrogen-bond donors (Lipinski definition) is 0. The van der Waals surface area contributed by atoms with Gasteiger partial charge in [0.15, 0.2) is 0 Å². The third-order valence-corrected chi connectivity index (χ3v) is 7.83. The molecule has 206 valence electrons. The molecule has 0 saturated carbocycles. The van der Waals surface area contributed by atoms with E-state index in [2.05, 4.69) is 6.58 Å². The van der Waals surface area contributed by atoms with Crippen LogP contribution in [0.5, 0.6) is 0 Å². The standard InChI is InChI=1S/C28H40O9/c1-14-12-21-23-15(2)13-22(34-17(4)30)25(27(7,8)36-18(5)31)24(23)26(35-21)28(9,37-19(6)32)11-10-20(14)33-16(3)29/h13,20-26H,1,10-12H2,2-9H3/t20?,21-,22-,23?,24?,25?,26-,28-/m1/s1. The van der Waals surface area contributed by atoms with Crippen molar-refractivity contribution in [2.45, 2.75) is 110 Å². The summed E-state index contributed by atoms with van der Waals surface area (Å²) in [6, 6.07) is 0. The van der Waals surface area contributed by atoms with Crippen LogP contribution in [0.2, 0.25) is 0 Å². The van der Waals surface area contributed by atoms with Crippen molar-refractivity contribution in [3.05, 3.63) is 23.8 Å². The summed E-state index contributed by atoms with van der Waals surface area (Å²) in [5.74, 6) is -2.77. The molecule has 0 N–H and O–H groups in total. The molecule has 0 radical (unpaired) electrons. The Morgan fingerprint density at radius 2 is 1.65 bits per heavy atom. The first-order chi connectivity index (χ1) is 17.1. The fourth-order valence-electron chi connectivity index (χ4n) is 6.76. The molecule has 9 nitrogen and oxygen atoms in total. The van der Waals surface area contributed by atoms with E-state index in [9.17, 15) is 19.2 Å². The van der Waals surface area contributed by atoms with Crippen LogP contribution in [-0.2, 0) is 42.9 Å². The average molecular weight is 521 g/mol. The molecular formula is C28H40O9. The van der Waals surface area contributed by atoms with Crippen LogP contribution in [0.15, 0.2) is 23.8 Å². The summed E-state index contributed by atoms with van der Waals surface area (Å²) >= 11 is 0. The lowest BCUT2D eigenvalue weighted by molar-refractivity contribution is -0.192. The Bertz CT molecular complexity index is 996. The maximum absolute atomic E-state index is 12.3. The molecule has 8 atom stereocenters. The van der Waals surface area contributed by atoms with Crippen LogP contribution in [0.25, 0.3) is 0 Å². The van der Waals surface area contributed by atoms with Gasteiger partial charge in [-0.05, 0) is 58.6 Å². The molecule has 2 heterocycles. The summed E-state index contributed by atoms with van der Waals surface area (Å²) in [6.45, 7) is 17.0. The number of esters is 4. The van der Waals surface area contributed by atoms with Crippen molar-refractivity contribution in [3.8, 4) is 0 Å². The van der Waals surface area contributed by atoms with E-state index < -0.39 is 59.3 Å². The minimum atomic E-state index is -1.10. The summed E-state index contributed by atoms with van der Waals surface area (Å²) in [4.78, 5) is 48.4. The highest BCUT2D eigenvalue weighted by Gasteiger charge is 2.63. The molecule has 0 spiro atoms. The third-order valence-electron chi connectivity index (χ3n) is 7.83. The van der Waals surface area contributed by atoms with Crippen molar-refractivity contribution in [3.63, 3.8) is 0 Å². The molecule has 3 aliphatic rings. The van der Waals surface area contributed by atoms with E-state index in [1.165, 1.54) is 27.7 Å². The first kappa shape index (κ1) is 28.9. The Hall–Kier alpha value is -2.68. The minimum absolute atomic E-state index is 0.167. The smallest absolute Gasteiger partial charge is 0.303 e. The van der Waals surface area contributed by atoms with Crippen LogP contribution in [0.4, 0.5) is 0 Å². The maximum atomic E-state index is 12.3. The normalized spacial score (nSPS) is 35.6. The van der Waals surface area contributed by atoms with Gasteiger partial charge in [0.05, 0.1) is 6.10 Å². The van der Waals surface area contributed by atoms with Crippen LogP contribution >= 0.6 is 0 Å². The predicted octanol–water partition coefficient (Wildman–Crippen LogP) is 3.83. The molecule has 2 bridgehead atoms. The summed E-state index contributed by atoms with van der Waals surface area (Å²) < 4.78 is 29.8. The van der Waals surface area contributed by atoms with Gasteiger partial charge >= 0.3 is 23.9 Å². The van der Waals surface area contributed by atoms with Gasteiger partial charge in [0.2, 0.25) is 0 Å². The Morgan fingerprint density at radius 1 is 1.03 bits per heavy atom. The largest absolute Gasteiger partial charge is 0.459 e. The van der Waals surface area contributed by atoms with Crippen molar-refractivity contribution >= 4 is 23.9 Å². The van der Waals surface area contributed by atoms with Crippen molar-refractivity contribution < 1.29 is 42.9 Å². The lowest BCUT2D eigenvalue weighted by Gasteiger charge is -2.49. The number of hydrogen-bond acceptors (Lipinski definition) is 9. The maximum Gasteiger partial charge on any atom is 0.303 e. The van der Waals surface area contributed by atoms with Gasteiger partial charge in [-0.1, -0.05) is 12.2 Å². The van der Waals surface area contributed by atoms with Gasteiger partial charge in [-0.2, -0.15) is 0 Å². The lowest BCUT2D eigenvalue weighted by atomic mass is 9.60. The molecule has 0 amide bonds. The Morgan fingerprint density at radius 3 is 2.19 bits per heavy atom. The number of ether oxygens (including phenoxy) is 5. The molecule has 3 rings (SSSR count). The zero-order chi connectivity index (χ0) is 27.9. The van der Waals surface area contributed by atoms with Crippen LogP contribution in [-0.4, -0.2) is 59.5 Å². The summed E-state index contributed by atoms with van der Waals surface area (Å²) in [5.41, 5.74) is -0.463. The molecule has 37 heavy (non-hydrogen) atoms. The molecule has 0 aromatic rings. The average Bonchev–Trinajstić information content (AvgIpc) is 3.09. The van der Waals surface area contributed by atoms with Crippen LogP contribution < -0.4 is 0 Å². The van der Waals surface area contributed by atoms with E-state index >= 15 is 0 Å². The number of fused-ring (bicyclic) bond motifs is 5. The van der Waals surface area contributed by atoms with E-state index in [1.54, 1.807) is 13.8 Å². The van der Waals surface area contributed by atoms with E-state index in [4.69, 9.17) is 23.7 Å². The minimum Gasteiger partial charge on any atom is -0.459 e. The number of rotatable bonds is 5. The van der Waals surface area contributed by atoms with Gasteiger partial charge in [-0.25, -0.2) is 0 Å². The van der Waals surface area contributed by atoms with Crippen molar-refractivity contribution in [2.75, 3.05) is 0 Å². The highest BCUT2D eigenvalue weighted by Crippen LogP contribution is 2.56. The second-order valence-electron chi connectivity index (χ2n) is 11.3. The fraction of sp³-hybridized carbons (Fsp3) is 0.714. The number of carbonyl (C=O) groups excluding carboxylic acids is 4. The van der Waals surface area contributed by atoms with Gasteiger partial charge in [0.1, 0.15) is 29.5 Å². The van der Waals surface area contributed by atoms with Gasteiger partial charge < -0.3 is 23.7 Å². The molecule has 2 saturated heterocycles. The summed E-state index contributed by atoms with van der Waals surface area (Å²) in [6.07, 6.45) is 0.866. The van der Waals surface area contributed by atoms with E-state index in [0.29, 0.717) is 19.3 Å². The molecule has 2 aliphatic heterocycles. The monoisotopic (exact) mass is 520 g/mol. The Kier molecular flexibility index (Phi) is 8.27. The van der Waals surface area contributed by atoms with Crippen molar-refractivity contribution in [1.82, 2.24) is 0 Å². The van der Waals surface area contributed by atoms with Crippen molar-refractivity contribution in [1.29, 1.82) is 0 Å². The van der Waals surface area contributed by atoms with Crippen molar-refractivity contribution in [2.24, 2.45) is 17.8 Å². The first-order valence-electron chi connectivity index (χ1n) is 12.8. The zero-order valence-electron chi connectivity index (χ0n) is 23.1. The third kappa shape index (κ3) is 6.08. The molecule has 0 aromatic heterocycles. The SMILES string of the molecule is C=C1C[C@H]2O[C@H](C3C2C(C)=C[C@@H](OC(C)=O)C3C(C)(C)OC(C)=O)[C@](C)(OC(C)=O)CCC1OC(C)=O. The topological polar surface area (TPSA) is 114 Å². The number of carbonyl (C=O) groups is 4. The second-order valence-corrected chi connectivity index (χ2v) is 11.3. The molecule has 9 heteroatoms. The molecule has 2 fully saturated rings. The Balaban J connectivity index is 2.19. The van der Waals surface area contributed by atoms with E-state index in [0.717, 1.165) is 11.1 Å². The van der Waals surface area contributed by atoms with Crippen LogP contribution in [0.1, 0.15) is 74.7 Å². The molecule has 4 unspecified atom stereocenters. The van der Waals surface area contributed by atoms with Crippen LogP contribution in [0, 0.1) is 17.8 Å². The van der Waals surface area contributed by atoms with E-state index in [-0.39, 0.29) is 17.9 Å². The van der Waals surface area contributed by atoms with Gasteiger partial charge in [-0.15, -0.1) is 0 Å². The highest BCUT2D eigenvalue weighted by atomic mass is 16.6. The van der Waals surface area contributed by atoms with E-state index in [1.807, 2.05) is 19.9 Å². The highest BCUT2D eigenvalue weighted by molar-refractivity contribution is 5.68.